The van der Waals surface area contributed by atoms with Crippen molar-refractivity contribution in [3.05, 3.63) is 18.0 Å². The van der Waals surface area contributed by atoms with Crippen LogP contribution in [0.4, 0.5) is 0 Å². The van der Waals surface area contributed by atoms with Crippen LogP contribution in [-0.4, -0.2) is 34.8 Å². The Labute approximate surface area is 92.1 Å². The lowest BCUT2D eigenvalue weighted by atomic mass is 9.77. The molecule has 84 valence electrons. The summed E-state index contributed by atoms with van der Waals surface area (Å²) < 4.78 is 1.90. The first kappa shape index (κ1) is 10.7. The van der Waals surface area contributed by atoms with Crippen LogP contribution in [0.15, 0.2) is 12.4 Å². The molecule has 0 unspecified atom stereocenters. The Balaban J connectivity index is 2.16. The van der Waals surface area contributed by atoms with Gasteiger partial charge in [0, 0.05) is 32.3 Å². The lowest BCUT2D eigenvalue weighted by molar-refractivity contribution is 0.123. The highest BCUT2D eigenvalue weighted by Crippen LogP contribution is 2.36. The highest BCUT2D eigenvalue weighted by atomic mass is 15.2. The van der Waals surface area contributed by atoms with Crippen molar-refractivity contribution in [3.8, 4) is 0 Å². The Kier molecular flexibility index (Phi) is 2.59. The molecular weight excluding hydrogens is 186 g/mol. The molecule has 2 rings (SSSR count). The van der Waals surface area contributed by atoms with E-state index in [0.717, 1.165) is 6.54 Å². The Morgan fingerprint density at radius 2 is 2.13 bits per heavy atom. The second-order valence-electron chi connectivity index (χ2n) is 5.71. The van der Waals surface area contributed by atoms with Gasteiger partial charge in [0.2, 0.25) is 0 Å². The number of aryl methyl sites for hydroxylation is 1. The van der Waals surface area contributed by atoms with E-state index in [-0.39, 0.29) is 0 Å². The second-order valence-corrected chi connectivity index (χ2v) is 5.71. The third-order valence-corrected chi connectivity index (χ3v) is 3.23. The van der Waals surface area contributed by atoms with Crippen LogP contribution in [0.5, 0.6) is 0 Å². The molecule has 0 saturated carbocycles. The molecule has 0 amide bonds. The molecule has 0 aliphatic carbocycles. The SMILES string of the molecule is CN1C[C@@H](c2cnn(C)c2)CC(C)(C)C1. The summed E-state index contributed by atoms with van der Waals surface area (Å²) >= 11 is 0. The van der Waals surface area contributed by atoms with E-state index >= 15 is 0 Å². The zero-order valence-corrected chi connectivity index (χ0v) is 10.2. The summed E-state index contributed by atoms with van der Waals surface area (Å²) in [7, 11) is 4.20. The highest BCUT2D eigenvalue weighted by molar-refractivity contribution is 5.14. The minimum Gasteiger partial charge on any atom is -0.305 e. The summed E-state index contributed by atoms with van der Waals surface area (Å²) in [6.45, 7) is 7.07. The average molecular weight is 207 g/mol. The molecule has 1 aliphatic rings. The molecule has 1 aromatic rings. The van der Waals surface area contributed by atoms with Gasteiger partial charge in [0.05, 0.1) is 6.20 Å². The fourth-order valence-electron chi connectivity index (χ4n) is 2.84. The van der Waals surface area contributed by atoms with E-state index in [4.69, 9.17) is 0 Å². The maximum Gasteiger partial charge on any atom is 0.0524 e. The number of aromatic nitrogens is 2. The van der Waals surface area contributed by atoms with Crippen molar-refractivity contribution in [2.24, 2.45) is 12.5 Å². The van der Waals surface area contributed by atoms with Crippen molar-refractivity contribution in [3.63, 3.8) is 0 Å². The number of hydrogen-bond donors (Lipinski definition) is 0. The van der Waals surface area contributed by atoms with E-state index in [1.54, 1.807) is 0 Å². The first-order valence-electron chi connectivity index (χ1n) is 5.63. The van der Waals surface area contributed by atoms with E-state index in [9.17, 15) is 0 Å². The van der Waals surface area contributed by atoms with Crippen LogP contribution < -0.4 is 0 Å². The maximum atomic E-state index is 4.26. The molecular formula is C12H21N3. The van der Waals surface area contributed by atoms with Gasteiger partial charge in [-0.15, -0.1) is 0 Å². The van der Waals surface area contributed by atoms with Gasteiger partial charge in [0.25, 0.3) is 0 Å². The Hall–Kier alpha value is -0.830. The lowest BCUT2D eigenvalue weighted by Gasteiger charge is -2.40. The predicted octanol–water partition coefficient (Wildman–Crippen LogP) is 1.87. The average Bonchev–Trinajstić information content (AvgIpc) is 2.48. The van der Waals surface area contributed by atoms with Gasteiger partial charge in [-0.3, -0.25) is 4.68 Å². The molecule has 0 aromatic carbocycles. The number of piperidine rings is 1. The van der Waals surface area contributed by atoms with Crippen molar-refractivity contribution in [2.75, 3.05) is 20.1 Å². The first-order chi connectivity index (χ1) is 6.96. The van der Waals surface area contributed by atoms with E-state index in [2.05, 4.69) is 37.1 Å². The van der Waals surface area contributed by atoms with Gasteiger partial charge in [-0.1, -0.05) is 13.8 Å². The molecule has 15 heavy (non-hydrogen) atoms. The monoisotopic (exact) mass is 207 g/mol. The third-order valence-electron chi connectivity index (χ3n) is 3.23. The Morgan fingerprint density at radius 3 is 2.67 bits per heavy atom. The zero-order chi connectivity index (χ0) is 11.1. The quantitative estimate of drug-likeness (QED) is 0.701. The van der Waals surface area contributed by atoms with Crippen LogP contribution in [0.2, 0.25) is 0 Å². The lowest BCUT2D eigenvalue weighted by Crippen LogP contribution is -2.41. The largest absolute Gasteiger partial charge is 0.305 e. The van der Waals surface area contributed by atoms with Gasteiger partial charge >= 0.3 is 0 Å². The van der Waals surface area contributed by atoms with Crippen LogP contribution in [0.3, 0.4) is 0 Å². The predicted molar refractivity (Wildman–Crippen MR) is 61.8 cm³/mol. The molecule has 1 saturated heterocycles. The molecule has 1 fully saturated rings. The molecule has 3 nitrogen and oxygen atoms in total. The van der Waals surface area contributed by atoms with Gasteiger partial charge in [-0.2, -0.15) is 5.10 Å². The smallest absolute Gasteiger partial charge is 0.0524 e. The Bertz CT molecular complexity index is 340. The molecule has 0 N–H and O–H groups in total. The van der Waals surface area contributed by atoms with E-state index in [0.29, 0.717) is 11.3 Å². The number of likely N-dealkylation sites (N-methyl/N-ethyl adjacent to an activating group) is 1. The van der Waals surface area contributed by atoms with Crippen molar-refractivity contribution >= 4 is 0 Å². The van der Waals surface area contributed by atoms with E-state index in [1.165, 1.54) is 18.5 Å². The summed E-state index contributed by atoms with van der Waals surface area (Å²) in [5, 5.41) is 4.26. The van der Waals surface area contributed by atoms with E-state index in [1.807, 2.05) is 17.9 Å². The molecule has 0 bridgehead atoms. The Morgan fingerprint density at radius 1 is 1.40 bits per heavy atom. The highest BCUT2D eigenvalue weighted by Gasteiger charge is 2.32. The summed E-state index contributed by atoms with van der Waals surface area (Å²) in [6.07, 6.45) is 5.43. The van der Waals surface area contributed by atoms with E-state index < -0.39 is 0 Å². The first-order valence-corrected chi connectivity index (χ1v) is 5.63. The fourth-order valence-corrected chi connectivity index (χ4v) is 2.84. The van der Waals surface area contributed by atoms with Crippen LogP contribution >= 0.6 is 0 Å². The minimum atomic E-state index is 0.424. The van der Waals surface area contributed by atoms with Gasteiger partial charge in [0.15, 0.2) is 0 Å². The number of hydrogen-bond acceptors (Lipinski definition) is 2. The van der Waals surface area contributed by atoms with Crippen molar-refractivity contribution in [1.29, 1.82) is 0 Å². The van der Waals surface area contributed by atoms with Crippen molar-refractivity contribution in [1.82, 2.24) is 14.7 Å². The summed E-state index contributed by atoms with van der Waals surface area (Å²) in [4.78, 5) is 2.43. The van der Waals surface area contributed by atoms with Crippen molar-refractivity contribution < 1.29 is 0 Å². The summed E-state index contributed by atoms with van der Waals surface area (Å²) in [5.41, 5.74) is 1.81. The minimum absolute atomic E-state index is 0.424. The van der Waals surface area contributed by atoms with Crippen LogP contribution in [0.1, 0.15) is 31.7 Å². The number of nitrogens with zero attached hydrogens (tertiary/aromatic N) is 3. The normalized spacial score (nSPS) is 26.8. The number of rotatable bonds is 1. The molecule has 3 heteroatoms. The standard InChI is InChI=1S/C12H21N3/c1-12(2)5-10(7-14(3)9-12)11-6-13-15(4)8-11/h6,8,10H,5,7,9H2,1-4H3/t10-/m0/s1. The summed E-state index contributed by atoms with van der Waals surface area (Å²) in [6, 6.07) is 0. The van der Waals surface area contributed by atoms with Gasteiger partial charge in [0.1, 0.15) is 0 Å². The zero-order valence-electron chi connectivity index (χ0n) is 10.2. The van der Waals surface area contributed by atoms with Crippen LogP contribution in [0, 0.1) is 5.41 Å². The second kappa shape index (κ2) is 3.63. The van der Waals surface area contributed by atoms with Crippen LogP contribution in [0.25, 0.3) is 0 Å². The van der Waals surface area contributed by atoms with Gasteiger partial charge in [-0.05, 0) is 24.4 Å². The number of likely N-dealkylation sites (tertiary alicyclic amines) is 1. The molecule has 1 aliphatic heterocycles. The molecule has 1 atom stereocenters. The van der Waals surface area contributed by atoms with Crippen molar-refractivity contribution in [2.45, 2.75) is 26.2 Å². The maximum absolute atomic E-state index is 4.26. The summed E-state index contributed by atoms with van der Waals surface area (Å²) in [5.74, 6) is 0.646. The molecule has 0 radical (unpaired) electrons. The third kappa shape index (κ3) is 2.40. The molecule has 0 spiro atoms. The topological polar surface area (TPSA) is 21.1 Å². The van der Waals surface area contributed by atoms with Crippen LogP contribution in [-0.2, 0) is 7.05 Å². The molecule has 2 heterocycles. The van der Waals surface area contributed by atoms with Gasteiger partial charge in [-0.25, -0.2) is 0 Å². The van der Waals surface area contributed by atoms with Gasteiger partial charge < -0.3 is 4.90 Å². The fraction of sp³-hybridized carbons (Fsp3) is 0.750. The molecule has 1 aromatic heterocycles.